The Hall–Kier alpha value is -0.360. The normalized spacial score (nSPS) is 12.9. The van der Waals surface area contributed by atoms with E-state index in [1.807, 2.05) is 18.7 Å². The number of nitrogens with zero attached hydrogens (tertiary/aromatic N) is 1. The van der Waals surface area contributed by atoms with Gasteiger partial charge in [0.2, 0.25) is 0 Å². The van der Waals surface area contributed by atoms with Crippen LogP contribution in [0.4, 0.5) is 0 Å². The fraction of sp³-hybridized carbons (Fsp3) is 0.909. The molecule has 102 valence electrons. The molecule has 0 radical (unpaired) electrons. The van der Waals surface area contributed by atoms with E-state index >= 15 is 0 Å². The van der Waals surface area contributed by atoms with Crippen molar-refractivity contribution in [3.63, 3.8) is 0 Å². The highest BCUT2D eigenvalue weighted by Gasteiger charge is 2.17. The first kappa shape index (κ1) is 16.6. The first-order chi connectivity index (χ1) is 8.11. The molecular formula is C11H22ClNO4. The maximum atomic E-state index is 10.7. The highest BCUT2D eigenvalue weighted by atomic mass is 35.5. The summed E-state index contributed by atoms with van der Waals surface area (Å²) in [6.07, 6.45) is 0. The van der Waals surface area contributed by atoms with Gasteiger partial charge in [-0.2, -0.15) is 0 Å². The molecule has 1 atom stereocenters. The summed E-state index contributed by atoms with van der Waals surface area (Å²) in [5.74, 6) is -0.996. The van der Waals surface area contributed by atoms with Crippen molar-refractivity contribution in [1.82, 2.24) is 4.90 Å². The van der Waals surface area contributed by atoms with Gasteiger partial charge < -0.3 is 14.6 Å². The first-order valence-corrected chi connectivity index (χ1v) is 6.30. The molecule has 0 aliphatic carbocycles. The number of alkyl halides is 1. The number of carbonyl (C=O) groups is 1. The van der Waals surface area contributed by atoms with Crippen LogP contribution in [-0.4, -0.2) is 67.4 Å². The minimum absolute atomic E-state index is 0.303. The summed E-state index contributed by atoms with van der Waals surface area (Å²) >= 11 is 5.71. The van der Waals surface area contributed by atoms with Crippen LogP contribution in [-0.2, 0) is 14.3 Å². The van der Waals surface area contributed by atoms with Crippen molar-refractivity contribution >= 4 is 17.6 Å². The summed E-state index contributed by atoms with van der Waals surface area (Å²) in [5, 5.41) is 7.86. The standard InChI is InChI=1S/C11H22ClNO4/c1-3-16-7-5-13(6-8-17-4-2)9-10(12)11(14)15/h10H,3-9H2,1-2H3,(H,14,15). The Morgan fingerprint density at radius 2 is 1.71 bits per heavy atom. The van der Waals surface area contributed by atoms with Crippen molar-refractivity contribution in [2.75, 3.05) is 46.1 Å². The molecule has 0 aromatic rings. The van der Waals surface area contributed by atoms with Crippen molar-refractivity contribution in [3.05, 3.63) is 0 Å². The van der Waals surface area contributed by atoms with Crippen molar-refractivity contribution in [3.8, 4) is 0 Å². The summed E-state index contributed by atoms with van der Waals surface area (Å²) in [5.41, 5.74) is 0. The fourth-order valence-electron chi connectivity index (χ4n) is 1.28. The zero-order valence-corrected chi connectivity index (χ0v) is 11.3. The Morgan fingerprint density at radius 1 is 1.24 bits per heavy atom. The molecule has 5 nitrogen and oxygen atoms in total. The van der Waals surface area contributed by atoms with Crippen LogP contribution < -0.4 is 0 Å². The SMILES string of the molecule is CCOCCN(CCOCC)CC(Cl)C(=O)O. The second kappa shape index (κ2) is 10.8. The Morgan fingerprint density at radius 3 is 2.06 bits per heavy atom. The van der Waals surface area contributed by atoms with Gasteiger partial charge >= 0.3 is 5.97 Å². The Labute approximate surface area is 108 Å². The smallest absolute Gasteiger partial charge is 0.322 e. The molecular weight excluding hydrogens is 246 g/mol. The fourth-order valence-corrected chi connectivity index (χ4v) is 1.47. The average Bonchev–Trinajstić information content (AvgIpc) is 2.29. The number of aliphatic carboxylic acids is 1. The van der Waals surface area contributed by atoms with Crippen molar-refractivity contribution < 1.29 is 19.4 Å². The molecule has 0 aromatic carbocycles. The number of hydrogen-bond donors (Lipinski definition) is 1. The lowest BCUT2D eigenvalue weighted by Gasteiger charge is -2.23. The number of rotatable bonds is 11. The van der Waals surface area contributed by atoms with Gasteiger partial charge in [-0.05, 0) is 13.8 Å². The quantitative estimate of drug-likeness (QED) is 0.448. The summed E-state index contributed by atoms with van der Waals surface area (Å²) in [6, 6.07) is 0. The number of halogens is 1. The zero-order valence-electron chi connectivity index (χ0n) is 10.5. The molecule has 0 aliphatic heterocycles. The van der Waals surface area contributed by atoms with Gasteiger partial charge in [0.15, 0.2) is 0 Å². The van der Waals surface area contributed by atoms with Gasteiger partial charge in [0.05, 0.1) is 13.2 Å². The molecule has 0 bridgehead atoms. The topological polar surface area (TPSA) is 59.0 Å². The molecule has 0 saturated carbocycles. The maximum absolute atomic E-state index is 10.7. The lowest BCUT2D eigenvalue weighted by atomic mass is 10.3. The lowest BCUT2D eigenvalue weighted by molar-refractivity contribution is -0.137. The molecule has 0 aromatic heterocycles. The van der Waals surface area contributed by atoms with Crippen LogP contribution in [0.25, 0.3) is 0 Å². The lowest BCUT2D eigenvalue weighted by Crippen LogP contribution is -2.38. The summed E-state index contributed by atoms with van der Waals surface area (Å²) in [4.78, 5) is 12.6. The van der Waals surface area contributed by atoms with E-state index in [0.717, 1.165) is 0 Å². The largest absolute Gasteiger partial charge is 0.480 e. The van der Waals surface area contributed by atoms with Crippen molar-refractivity contribution in [1.29, 1.82) is 0 Å². The minimum atomic E-state index is -0.996. The predicted molar refractivity (Wildman–Crippen MR) is 66.7 cm³/mol. The molecule has 0 spiro atoms. The molecule has 0 fully saturated rings. The third-order valence-electron chi connectivity index (χ3n) is 2.20. The molecule has 6 heteroatoms. The van der Waals surface area contributed by atoms with E-state index in [-0.39, 0.29) is 0 Å². The summed E-state index contributed by atoms with van der Waals surface area (Å²) in [6.45, 7) is 7.94. The average molecular weight is 268 g/mol. The van der Waals surface area contributed by atoms with Crippen LogP contribution in [0.1, 0.15) is 13.8 Å². The number of ether oxygens (including phenoxy) is 2. The second-order valence-electron chi connectivity index (χ2n) is 3.50. The molecule has 1 N–H and O–H groups in total. The third kappa shape index (κ3) is 9.35. The molecule has 0 heterocycles. The van der Waals surface area contributed by atoms with Crippen LogP contribution in [0.5, 0.6) is 0 Å². The minimum Gasteiger partial charge on any atom is -0.480 e. The number of carboxylic acids is 1. The van der Waals surface area contributed by atoms with Gasteiger partial charge in [0.25, 0.3) is 0 Å². The first-order valence-electron chi connectivity index (χ1n) is 5.86. The maximum Gasteiger partial charge on any atom is 0.322 e. The van der Waals surface area contributed by atoms with Crippen LogP contribution in [0.15, 0.2) is 0 Å². The highest BCUT2D eigenvalue weighted by Crippen LogP contribution is 2.01. The Kier molecular flexibility index (Phi) is 10.5. The van der Waals surface area contributed by atoms with E-state index in [1.165, 1.54) is 0 Å². The Balaban J connectivity index is 3.95. The number of hydrogen-bond acceptors (Lipinski definition) is 4. The monoisotopic (exact) mass is 267 g/mol. The van der Waals surface area contributed by atoms with Gasteiger partial charge in [0.1, 0.15) is 5.38 Å². The van der Waals surface area contributed by atoms with E-state index < -0.39 is 11.3 Å². The van der Waals surface area contributed by atoms with Gasteiger partial charge in [-0.25, -0.2) is 0 Å². The molecule has 1 unspecified atom stereocenters. The predicted octanol–water partition coefficient (Wildman–Crippen LogP) is 1.05. The van der Waals surface area contributed by atoms with Gasteiger partial charge in [-0.1, -0.05) is 0 Å². The van der Waals surface area contributed by atoms with E-state index in [2.05, 4.69) is 0 Å². The molecule has 0 rings (SSSR count). The molecule has 0 aliphatic rings. The Bertz CT molecular complexity index is 194. The zero-order chi connectivity index (χ0) is 13.1. The van der Waals surface area contributed by atoms with Gasteiger partial charge in [-0.15, -0.1) is 11.6 Å². The second-order valence-corrected chi connectivity index (χ2v) is 4.03. The van der Waals surface area contributed by atoms with E-state index in [4.69, 9.17) is 26.2 Å². The van der Waals surface area contributed by atoms with Crippen LogP contribution >= 0.6 is 11.6 Å². The summed E-state index contributed by atoms with van der Waals surface area (Å²) < 4.78 is 10.5. The molecule has 17 heavy (non-hydrogen) atoms. The summed E-state index contributed by atoms with van der Waals surface area (Å²) in [7, 11) is 0. The van der Waals surface area contributed by atoms with E-state index in [0.29, 0.717) is 46.1 Å². The van der Waals surface area contributed by atoms with Crippen molar-refractivity contribution in [2.45, 2.75) is 19.2 Å². The molecule has 0 amide bonds. The van der Waals surface area contributed by atoms with Gasteiger partial charge in [0, 0.05) is 32.8 Å². The van der Waals surface area contributed by atoms with Gasteiger partial charge in [-0.3, -0.25) is 9.69 Å². The van der Waals surface area contributed by atoms with Crippen molar-refractivity contribution in [2.24, 2.45) is 0 Å². The van der Waals surface area contributed by atoms with Crippen LogP contribution in [0, 0.1) is 0 Å². The third-order valence-corrected chi connectivity index (χ3v) is 2.52. The van der Waals surface area contributed by atoms with E-state index in [9.17, 15) is 4.79 Å². The van der Waals surface area contributed by atoms with Crippen LogP contribution in [0.3, 0.4) is 0 Å². The number of carboxylic acid groups (broad SMARTS) is 1. The highest BCUT2D eigenvalue weighted by molar-refractivity contribution is 6.29. The van der Waals surface area contributed by atoms with Crippen LogP contribution in [0.2, 0.25) is 0 Å². The molecule has 0 saturated heterocycles. The van der Waals surface area contributed by atoms with E-state index in [1.54, 1.807) is 0 Å².